The van der Waals surface area contributed by atoms with Crippen molar-refractivity contribution in [1.82, 2.24) is 0 Å². The number of hydrogen-bond acceptors (Lipinski definition) is 22. The van der Waals surface area contributed by atoms with Crippen molar-refractivity contribution >= 4 is 29.8 Å². The van der Waals surface area contributed by atoms with Gasteiger partial charge in [-0.3, -0.25) is 0 Å². The van der Waals surface area contributed by atoms with Crippen LogP contribution in [0.4, 0.5) is 0 Å². The molecule has 0 saturated carbocycles. The summed E-state index contributed by atoms with van der Waals surface area (Å²) >= 11 is 0. The van der Waals surface area contributed by atoms with Crippen molar-refractivity contribution in [2.24, 2.45) is 0 Å². The summed E-state index contributed by atoms with van der Waals surface area (Å²) < 4.78 is 104. The fraction of sp³-hybridized carbons (Fsp3) is 0.289. The summed E-state index contributed by atoms with van der Waals surface area (Å²) in [6, 6.07) is 78.6. The zero-order valence-electron chi connectivity index (χ0n) is 56.9. The number of rotatable bonds is 32. The fourth-order valence-electron chi connectivity index (χ4n) is 12.5. The van der Waals surface area contributed by atoms with Crippen molar-refractivity contribution in [2.45, 2.75) is 125 Å². The monoisotopic (exact) mass is 1430 g/mol. The first-order chi connectivity index (χ1) is 51.5. The third-order valence-electron chi connectivity index (χ3n) is 17.9. The van der Waals surface area contributed by atoms with Crippen molar-refractivity contribution in [1.29, 1.82) is 0 Å². The number of carbonyl (C=O) groups is 5. The standard InChI is InChI=1S/C83H78O22/c84-75(58-36-18-5-19-37-58)94-50-65-69(102-76(85)59-38-20-6-21-39-59)73(104-78(87)61-42-24-8-25-43-61)83(100-65)97-53-66-70(103-77(86)60-40-22-7-23-41-60)74(105-79(88)62-44-26-9-27-45-62)82(101-66)96-52-64-68(91-47-55-30-12-2-13-31-55)72(93-49-57-34-16-4-17-35-57)81(99-64)95-51-63-67(90-46-54-28-10-1-11-29-54)71(80(89)98-63)92-48-56-32-14-3-15-33-56/h1-45,63-74,80-83,89H,46-53H2/t63-,64-,65-,66-,67-,68-,69-,70-,71+,72+,73+,74+,80+,81+,82+,83+/m0/s1. The van der Waals surface area contributed by atoms with E-state index < -0.39 is 141 Å². The third-order valence-corrected chi connectivity index (χ3v) is 17.9. The van der Waals surface area contributed by atoms with Crippen LogP contribution in [-0.4, -0.2) is 160 Å². The Balaban J connectivity index is 0.814. The maximum Gasteiger partial charge on any atom is 0.338 e. The second kappa shape index (κ2) is 36.5. The van der Waals surface area contributed by atoms with Crippen LogP contribution in [0.1, 0.15) is 74.0 Å². The Morgan fingerprint density at radius 1 is 0.248 bits per heavy atom. The summed E-state index contributed by atoms with van der Waals surface area (Å²) in [4.78, 5) is 71.0. The Labute approximate surface area is 606 Å². The molecule has 9 aromatic rings. The van der Waals surface area contributed by atoms with Gasteiger partial charge in [-0.25, -0.2) is 24.0 Å². The van der Waals surface area contributed by atoms with E-state index in [1.54, 1.807) is 127 Å². The first-order valence-electron chi connectivity index (χ1n) is 34.6. The molecule has 0 unspecified atom stereocenters. The van der Waals surface area contributed by atoms with Crippen molar-refractivity contribution in [3.05, 3.63) is 323 Å². The van der Waals surface area contributed by atoms with Gasteiger partial charge in [-0.15, -0.1) is 0 Å². The highest BCUT2D eigenvalue weighted by atomic mass is 16.8. The predicted molar refractivity (Wildman–Crippen MR) is 374 cm³/mol. The molecule has 4 aliphatic rings. The van der Waals surface area contributed by atoms with E-state index in [9.17, 15) is 29.1 Å². The Morgan fingerprint density at radius 2 is 0.486 bits per heavy atom. The molecule has 542 valence electrons. The quantitative estimate of drug-likeness (QED) is 0.0304. The molecule has 0 spiro atoms. The van der Waals surface area contributed by atoms with Crippen LogP contribution in [0.5, 0.6) is 0 Å². The van der Waals surface area contributed by atoms with E-state index in [0.717, 1.165) is 22.3 Å². The summed E-state index contributed by atoms with van der Waals surface area (Å²) in [5.41, 5.74) is 4.15. The first-order valence-corrected chi connectivity index (χ1v) is 34.6. The number of hydrogen-bond donors (Lipinski definition) is 1. The van der Waals surface area contributed by atoms with Crippen LogP contribution < -0.4 is 0 Å². The largest absolute Gasteiger partial charge is 0.459 e. The van der Waals surface area contributed by atoms with E-state index in [0.29, 0.717) is 0 Å². The van der Waals surface area contributed by atoms with E-state index in [1.165, 1.54) is 24.3 Å². The van der Waals surface area contributed by atoms with Gasteiger partial charge in [-0.2, -0.15) is 0 Å². The predicted octanol–water partition coefficient (Wildman–Crippen LogP) is 11.0. The molecule has 105 heavy (non-hydrogen) atoms. The minimum atomic E-state index is -1.64. The summed E-state index contributed by atoms with van der Waals surface area (Å²) in [5, 5.41) is 11.6. The average Bonchev–Trinajstić information content (AvgIpc) is 1.65. The first kappa shape index (κ1) is 73.2. The second-order valence-corrected chi connectivity index (χ2v) is 25.1. The molecule has 22 nitrogen and oxygen atoms in total. The number of aliphatic hydroxyl groups excluding tert-OH is 1. The zero-order valence-corrected chi connectivity index (χ0v) is 56.9. The number of ether oxygens (including phenoxy) is 16. The molecular formula is C83H78O22. The number of benzene rings is 9. The van der Waals surface area contributed by atoms with Gasteiger partial charge in [0.25, 0.3) is 0 Å². The van der Waals surface area contributed by atoms with Crippen molar-refractivity contribution in [3.63, 3.8) is 0 Å². The maximum atomic E-state index is 14.5. The summed E-state index contributed by atoms with van der Waals surface area (Å²) in [7, 11) is 0. The lowest BCUT2D eigenvalue weighted by Gasteiger charge is -2.27. The molecule has 13 rings (SSSR count). The molecule has 4 fully saturated rings. The van der Waals surface area contributed by atoms with Gasteiger partial charge in [-0.1, -0.05) is 212 Å². The SMILES string of the molecule is O=C(OC[C@@H]1O[C@@H](OC[C@@H]2O[C@@H](OC[C@@H]3O[C@@H](OC[C@@H]4O[C@@H](O)[C@H](OCc5ccccc5)[C@H]4OCc4ccccc4)[C@H](OCc4ccccc4)[C@H]3OCc3ccccc3)[C@H](OC(=O)c3ccccc3)[C@H]2OC(=O)c2ccccc2)[C@H](OC(=O)c2ccccc2)[C@H]1OC(=O)c1ccccc1)c1ccccc1. The van der Waals surface area contributed by atoms with Gasteiger partial charge >= 0.3 is 29.8 Å². The van der Waals surface area contributed by atoms with Gasteiger partial charge < -0.3 is 80.9 Å². The van der Waals surface area contributed by atoms with Crippen LogP contribution >= 0.6 is 0 Å². The highest BCUT2D eigenvalue weighted by molar-refractivity contribution is 5.92. The van der Waals surface area contributed by atoms with Gasteiger partial charge in [0.2, 0.25) is 0 Å². The maximum absolute atomic E-state index is 14.5. The molecule has 0 amide bonds. The highest BCUT2D eigenvalue weighted by Crippen LogP contribution is 2.37. The lowest BCUT2D eigenvalue weighted by molar-refractivity contribution is -0.226. The molecule has 0 bridgehead atoms. The lowest BCUT2D eigenvalue weighted by Crippen LogP contribution is -2.45. The van der Waals surface area contributed by atoms with Crippen LogP contribution in [0.25, 0.3) is 0 Å². The van der Waals surface area contributed by atoms with Crippen LogP contribution in [0, 0.1) is 0 Å². The molecule has 22 heteroatoms. The van der Waals surface area contributed by atoms with E-state index in [-0.39, 0.29) is 67.5 Å². The molecule has 4 aliphatic heterocycles. The van der Waals surface area contributed by atoms with E-state index >= 15 is 0 Å². The molecule has 0 aliphatic carbocycles. The van der Waals surface area contributed by atoms with E-state index in [1.807, 2.05) is 121 Å². The molecule has 0 radical (unpaired) electrons. The minimum absolute atomic E-state index is 0.0682. The Kier molecular flexibility index (Phi) is 25.4. The Bertz CT molecular complexity index is 4180. The van der Waals surface area contributed by atoms with Gasteiger partial charge in [0.15, 0.2) is 49.6 Å². The van der Waals surface area contributed by atoms with Gasteiger partial charge in [-0.05, 0) is 82.9 Å². The van der Waals surface area contributed by atoms with Crippen LogP contribution in [0.2, 0.25) is 0 Å². The molecule has 9 aromatic carbocycles. The Morgan fingerprint density at radius 3 is 0.819 bits per heavy atom. The van der Waals surface area contributed by atoms with Crippen LogP contribution in [0.3, 0.4) is 0 Å². The molecule has 4 saturated heterocycles. The van der Waals surface area contributed by atoms with Gasteiger partial charge in [0.05, 0.1) is 74.1 Å². The topological polar surface area (TPSA) is 253 Å². The normalized spacial score (nSPS) is 25.4. The average molecular weight is 1430 g/mol. The summed E-state index contributed by atoms with van der Waals surface area (Å²) in [5.74, 6) is -4.10. The van der Waals surface area contributed by atoms with Crippen molar-refractivity contribution in [2.75, 3.05) is 26.4 Å². The molecule has 0 aromatic heterocycles. The number of carbonyl (C=O) groups excluding carboxylic acids is 5. The van der Waals surface area contributed by atoms with Crippen LogP contribution in [-0.2, 0) is 102 Å². The van der Waals surface area contributed by atoms with E-state index in [4.69, 9.17) is 75.8 Å². The number of aliphatic hydroxyl groups is 1. The molecule has 16 atom stereocenters. The Hall–Kier alpha value is -10.2. The molecular weight excluding hydrogens is 1350 g/mol. The smallest absolute Gasteiger partial charge is 0.338 e. The number of esters is 5. The third kappa shape index (κ3) is 19.4. The highest BCUT2D eigenvalue weighted by Gasteiger charge is 2.56. The molecule has 4 heterocycles. The van der Waals surface area contributed by atoms with E-state index in [2.05, 4.69) is 0 Å². The minimum Gasteiger partial charge on any atom is -0.459 e. The van der Waals surface area contributed by atoms with Crippen molar-refractivity contribution in [3.8, 4) is 0 Å². The second-order valence-electron chi connectivity index (χ2n) is 25.1. The fourth-order valence-corrected chi connectivity index (χ4v) is 12.5. The summed E-state index contributed by atoms with van der Waals surface area (Å²) in [6.45, 7) is -1.25. The van der Waals surface area contributed by atoms with Crippen molar-refractivity contribution < 1.29 is 105 Å². The van der Waals surface area contributed by atoms with Gasteiger partial charge in [0.1, 0.15) is 55.4 Å². The van der Waals surface area contributed by atoms with Crippen LogP contribution in [0.15, 0.2) is 273 Å². The zero-order chi connectivity index (χ0) is 72.1. The molecule has 1 N–H and O–H groups in total. The van der Waals surface area contributed by atoms with Gasteiger partial charge in [0, 0.05) is 0 Å². The lowest BCUT2D eigenvalue weighted by atomic mass is 10.1. The summed E-state index contributed by atoms with van der Waals surface area (Å²) in [6.07, 6.45) is -20.6.